The Morgan fingerprint density at radius 3 is 2.50 bits per heavy atom. The summed E-state index contributed by atoms with van der Waals surface area (Å²) in [5, 5.41) is 0. The van der Waals surface area contributed by atoms with Crippen LogP contribution in [0.1, 0.15) is 44.5 Å². The maximum Gasteiger partial charge on any atom is 0.169 e. The van der Waals surface area contributed by atoms with Crippen LogP contribution in [0.4, 0.5) is 4.39 Å². The molecule has 2 nitrogen and oxygen atoms in total. The molecule has 1 saturated heterocycles. The Labute approximate surface area is 107 Å². The molecule has 1 aliphatic heterocycles. The molecule has 0 saturated carbocycles. The molecule has 0 N–H and O–H groups in total. The minimum absolute atomic E-state index is 0.0370. The molecule has 0 bridgehead atoms. The molecule has 2 rings (SSSR count). The molecular weight excluding hydrogens is 231 g/mol. The number of carbonyl (C=O) groups is 1. The fourth-order valence-corrected chi connectivity index (χ4v) is 2.81. The highest BCUT2D eigenvalue weighted by Crippen LogP contribution is 2.43. The first kappa shape index (κ1) is 13.2. The second-order valence-corrected chi connectivity index (χ2v) is 6.10. The third kappa shape index (κ3) is 2.46. The molecule has 1 fully saturated rings. The fourth-order valence-electron chi connectivity index (χ4n) is 2.81. The highest BCUT2D eigenvalue weighted by Gasteiger charge is 2.49. The predicted octanol–water partition coefficient (Wildman–Crippen LogP) is 3.60. The van der Waals surface area contributed by atoms with Crippen molar-refractivity contribution in [2.24, 2.45) is 5.92 Å². The van der Waals surface area contributed by atoms with Crippen LogP contribution in [0.2, 0.25) is 0 Å². The first-order valence-corrected chi connectivity index (χ1v) is 6.21. The molecular formula is C15H19FO2. The average Bonchev–Trinajstić information content (AvgIpc) is 2.45. The van der Waals surface area contributed by atoms with Crippen LogP contribution in [0.5, 0.6) is 0 Å². The van der Waals surface area contributed by atoms with E-state index in [9.17, 15) is 9.18 Å². The number of hydrogen-bond donors (Lipinski definition) is 0. The number of hydrogen-bond acceptors (Lipinski definition) is 2. The summed E-state index contributed by atoms with van der Waals surface area (Å²) >= 11 is 0. The summed E-state index contributed by atoms with van der Waals surface area (Å²) < 4.78 is 19.1. The summed E-state index contributed by atoms with van der Waals surface area (Å²) in [6.07, 6.45) is 0.662. The van der Waals surface area contributed by atoms with E-state index in [1.165, 1.54) is 12.1 Å². The number of carbonyl (C=O) groups excluding carboxylic acids is 1. The third-order valence-electron chi connectivity index (χ3n) is 3.50. The molecule has 98 valence electrons. The predicted molar refractivity (Wildman–Crippen MR) is 68.1 cm³/mol. The Morgan fingerprint density at radius 2 is 2.00 bits per heavy atom. The van der Waals surface area contributed by atoms with Gasteiger partial charge in [0, 0.05) is 5.56 Å². The zero-order valence-electron chi connectivity index (χ0n) is 11.3. The largest absolute Gasteiger partial charge is 0.369 e. The van der Waals surface area contributed by atoms with Crippen molar-refractivity contribution in [3.8, 4) is 0 Å². The molecule has 1 heterocycles. The number of Topliss-reactive ketones (excluding diaryl/α,β-unsaturated/α-hetero) is 1. The third-order valence-corrected chi connectivity index (χ3v) is 3.50. The molecule has 0 aromatic heterocycles. The van der Waals surface area contributed by atoms with Gasteiger partial charge in [0.2, 0.25) is 0 Å². The Bertz CT molecular complexity index is 477. The van der Waals surface area contributed by atoms with Gasteiger partial charge in [-0.3, -0.25) is 4.79 Å². The molecule has 1 aliphatic rings. The minimum Gasteiger partial charge on any atom is -0.369 e. The number of halogens is 1. The minimum atomic E-state index is -0.507. The van der Waals surface area contributed by atoms with Gasteiger partial charge < -0.3 is 4.74 Å². The lowest BCUT2D eigenvalue weighted by Crippen LogP contribution is -2.33. The van der Waals surface area contributed by atoms with Gasteiger partial charge in [0.15, 0.2) is 5.78 Å². The lowest BCUT2D eigenvalue weighted by atomic mass is 9.82. The van der Waals surface area contributed by atoms with Crippen LogP contribution in [-0.4, -0.2) is 17.0 Å². The van der Waals surface area contributed by atoms with E-state index < -0.39 is 5.60 Å². The molecule has 0 amide bonds. The number of benzene rings is 1. The summed E-state index contributed by atoms with van der Waals surface area (Å²) in [6.45, 7) is 7.80. The summed E-state index contributed by atoms with van der Waals surface area (Å²) in [7, 11) is 0. The standard InChI is InChI=1S/C15H19FO2/c1-14(2)9-12(15(3,4)18-14)13(17)10-6-5-7-11(16)8-10/h5-8,12H,9H2,1-4H3. The average molecular weight is 250 g/mol. The van der Waals surface area contributed by atoms with Crippen LogP contribution in [0, 0.1) is 11.7 Å². The summed E-state index contributed by atoms with van der Waals surface area (Å²) in [4.78, 5) is 12.5. The van der Waals surface area contributed by atoms with Crippen LogP contribution in [0.25, 0.3) is 0 Å². The summed E-state index contributed by atoms with van der Waals surface area (Å²) in [5.74, 6) is -0.642. The highest BCUT2D eigenvalue weighted by atomic mass is 19.1. The maximum absolute atomic E-state index is 13.2. The molecule has 1 unspecified atom stereocenters. The SMILES string of the molecule is CC1(C)CC(C(=O)c2cccc(F)c2)C(C)(C)O1. The normalized spacial score (nSPS) is 25.1. The van der Waals surface area contributed by atoms with Crippen molar-refractivity contribution in [1.82, 2.24) is 0 Å². The second-order valence-electron chi connectivity index (χ2n) is 6.10. The van der Waals surface area contributed by atoms with Gasteiger partial charge in [-0.15, -0.1) is 0 Å². The number of rotatable bonds is 2. The van der Waals surface area contributed by atoms with Crippen molar-refractivity contribution < 1.29 is 13.9 Å². The quantitative estimate of drug-likeness (QED) is 0.750. The van der Waals surface area contributed by atoms with Crippen LogP contribution in [0.3, 0.4) is 0 Å². The number of ketones is 1. The van der Waals surface area contributed by atoms with Gasteiger partial charge in [-0.05, 0) is 46.2 Å². The van der Waals surface area contributed by atoms with E-state index in [1.54, 1.807) is 12.1 Å². The molecule has 3 heteroatoms. The van der Waals surface area contributed by atoms with Crippen molar-refractivity contribution >= 4 is 5.78 Å². The maximum atomic E-state index is 13.2. The fraction of sp³-hybridized carbons (Fsp3) is 0.533. The van der Waals surface area contributed by atoms with Crippen molar-refractivity contribution in [3.05, 3.63) is 35.6 Å². The molecule has 1 atom stereocenters. The monoisotopic (exact) mass is 250 g/mol. The van der Waals surface area contributed by atoms with E-state index >= 15 is 0 Å². The lowest BCUT2D eigenvalue weighted by Gasteiger charge is -2.26. The Balaban J connectivity index is 2.30. The summed E-state index contributed by atoms with van der Waals surface area (Å²) in [6, 6.07) is 5.87. The van der Waals surface area contributed by atoms with E-state index in [0.717, 1.165) is 0 Å². The van der Waals surface area contributed by atoms with Crippen LogP contribution >= 0.6 is 0 Å². The van der Waals surface area contributed by atoms with Crippen molar-refractivity contribution in [3.63, 3.8) is 0 Å². The summed E-state index contributed by atoms with van der Waals surface area (Å²) in [5.41, 5.74) is -0.390. The van der Waals surface area contributed by atoms with Gasteiger partial charge in [0.1, 0.15) is 5.82 Å². The van der Waals surface area contributed by atoms with Gasteiger partial charge in [0.25, 0.3) is 0 Å². The first-order chi connectivity index (χ1) is 8.21. The molecule has 0 spiro atoms. The van der Waals surface area contributed by atoms with Crippen molar-refractivity contribution in [2.45, 2.75) is 45.3 Å². The van der Waals surface area contributed by atoms with Gasteiger partial charge in [0.05, 0.1) is 17.1 Å². The van der Waals surface area contributed by atoms with E-state index in [1.807, 2.05) is 27.7 Å². The van der Waals surface area contributed by atoms with E-state index in [4.69, 9.17) is 4.74 Å². The van der Waals surface area contributed by atoms with Crippen molar-refractivity contribution in [1.29, 1.82) is 0 Å². The Hall–Kier alpha value is -1.22. The van der Waals surface area contributed by atoms with E-state index in [0.29, 0.717) is 12.0 Å². The topological polar surface area (TPSA) is 26.3 Å². The van der Waals surface area contributed by atoms with Gasteiger partial charge >= 0.3 is 0 Å². The molecule has 0 radical (unpaired) electrons. The van der Waals surface area contributed by atoms with Crippen LogP contribution in [-0.2, 0) is 4.74 Å². The molecule has 18 heavy (non-hydrogen) atoms. The van der Waals surface area contributed by atoms with E-state index in [2.05, 4.69) is 0 Å². The molecule has 1 aromatic carbocycles. The Morgan fingerprint density at radius 1 is 1.33 bits per heavy atom. The van der Waals surface area contributed by atoms with Crippen LogP contribution < -0.4 is 0 Å². The number of ether oxygens (including phenoxy) is 1. The van der Waals surface area contributed by atoms with E-state index in [-0.39, 0.29) is 23.1 Å². The first-order valence-electron chi connectivity index (χ1n) is 6.21. The Kier molecular flexibility index (Phi) is 3.06. The molecule has 0 aliphatic carbocycles. The van der Waals surface area contributed by atoms with Gasteiger partial charge in [-0.2, -0.15) is 0 Å². The second kappa shape index (κ2) is 4.16. The van der Waals surface area contributed by atoms with Gasteiger partial charge in [-0.25, -0.2) is 4.39 Å². The molecule has 1 aromatic rings. The van der Waals surface area contributed by atoms with Gasteiger partial charge in [-0.1, -0.05) is 12.1 Å². The zero-order valence-corrected chi connectivity index (χ0v) is 11.3. The van der Waals surface area contributed by atoms with Crippen molar-refractivity contribution in [2.75, 3.05) is 0 Å². The lowest BCUT2D eigenvalue weighted by molar-refractivity contribution is -0.0712. The highest BCUT2D eigenvalue weighted by molar-refractivity contribution is 5.98. The zero-order chi connectivity index (χ0) is 13.6. The smallest absolute Gasteiger partial charge is 0.169 e. The van der Waals surface area contributed by atoms with Crippen LogP contribution in [0.15, 0.2) is 24.3 Å².